The lowest BCUT2D eigenvalue weighted by Gasteiger charge is -2.32. The standard InChI is InChI=1S/C18H27N3O2/c1-13-5-3-4-6-16(13)18(23)20-15-9-11-21(12-10-15)17(22)8-7-14(2)19/h3-6,14-15H,7-12,19H2,1-2H3,(H,20,23). The van der Waals surface area contributed by atoms with Crippen molar-refractivity contribution in [2.75, 3.05) is 13.1 Å². The summed E-state index contributed by atoms with van der Waals surface area (Å²) in [5, 5.41) is 3.09. The maximum absolute atomic E-state index is 12.3. The molecule has 0 bridgehead atoms. The van der Waals surface area contributed by atoms with Crippen molar-refractivity contribution in [1.82, 2.24) is 10.2 Å². The van der Waals surface area contributed by atoms with Crippen molar-refractivity contribution in [3.8, 4) is 0 Å². The van der Waals surface area contributed by atoms with Gasteiger partial charge in [0, 0.05) is 37.2 Å². The zero-order valence-corrected chi connectivity index (χ0v) is 14.0. The number of rotatable bonds is 5. The number of carbonyl (C=O) groups is 2. The quantitative estimate of drug-likeness (QED) is 0.870. The molecular formula is C18H27N3O2. The van der Waals surface area contributed by atoms with Gasteiger partial charge in [-0.3, -0.25) is 9.59 Å². The minimum Gasteiger partial charge on any atom is -0.349 e. The summed E-state index contributed by atoms with van der Waals surface area (Å²) in [5.74, 6) is 0.149. The highest BCUT2D eigenvalue weighted by molar-refractivity contribution is 5.95. The summed E-state index contributed by atoms with van der Waals surface area (Å²) in [6.07, 6.45) is 2.85. The minimum atomic E-state index is -0.0233. The molecule has 1 atom stereocenters. The first-order chi connectivity index (χ1) is 11.0. The van der Waals surface area contributed by atoms with Gasteiger partial charge in [-0.05, 0) is 44.7 Å². The number of likely N-dealkylation sites (tertiary alicyclic amines) is 1. The average molecular weight is 317 g/mol. The minimum absolute atomic E-state index is 0.0233. The largest absolute Gasteiger partial charge is 0.349 e. The van der Waals surface area contributed by atoms with E-state index < -0.39 is 0 Å². The maximum atomic E-state index is 12.3. The van der Waals surface area contributed by atoms with Gasteiger partial charge in [0.25, 0.3) is 5.91 Å². The maximum Gasteiger partial charge on any atom is 0.251 e. The highest BCUT2D eigenvalue weighted by Gasteiger charge is 2.24. The second kappa shape index (κ2) is 8.11. The molecule has 1 saturated heterocycles. The Morgan fingerprint density at radius 1 is 1.30 bits per heavy atom. The lowest BCUT2D eigenvalue weighted by molar-refractivity contribution is -0.132. The molecule has 2 amide bonds. The molecule has 3 N–H and O–H groups in total. The van der Waals surface area contributed by atoms with E-state index in [1.165, 1.54) is 0 Å². The molecule has 0 radical (unpaired) electrons. The molecule has 1 aliphatic heterocycles. The number of carbonyl (C=O) groups excluding carboxylic acids is 2. The number of piperidine rings is 1. The van der Waals surface area contributed by atoms with E-state index in [9.17, 15) is 9.59 Å². The smallest absolute Gasteiger partial charge is 0.251 e. The molecular weight excluding hydrogens is 290 g/mol. The SMILES string of the molecule is Cc1ccccc1C(=O)NC1CCN(C(=O)CCC(C)N)CC1. The van der Waals surface area contributed by atoms with Crippen LogP contribution < -0.4 is 11.1 Å². The molecule has 1 aliphatic rings. The zero-order valence-electron chi connectivity index (χ0n) is 14.0. The molecule has 23 heavy (non-hydrogen) atoms. The van der Waals surface area contributed by atoms with E-state index >= 15 is 0 Å². The van der Waals surface area contributed by atoms with E-state index in [0.717, 1.165) is 30.4 Å². The van der Waals surface area contributed by atoms with Crippen molar-refractivity contribution in [2.45, 2.75) is 51.6 Å². The number of nitrogens with one attached hydrogen (secondary N) is 1. The van der Waals surface area contributed by atoms with Crippen LogP contribution in [0.2, 0.25) is 0 Å². The van der Waals surface area contributed by atoms with Gasteiger partial charge in [-0.1, -0.05) is 18.2 Å². The number of amides is 2. The van der Waals surface area contributed by atoms with Crippen LogP contribution in [-0.4, -0.2) is 41.9 Å². The van der Waals surface area contributed by atoms with E-state index in [4.69, 9.17) is 5.73 Å². The van der Waals surface area contributed by atoms with E-state index in [-0.39, 0.29) is 23.9 Å². The van der Waals surface area contributed by atoms with Crippen LogP contribution in [-0.2, 0) is 4.79 Å². The fourth-order valence-electron chi connectivity index (χ4n) is 2.87. The Morgan fingerprint density at radius 3 is 2.57 bits per heavy atom. The number of nitrogens with zero attached hydrogens (tertiary/aromatic N) is 1. The lowest BCUT2D eigenvalue weighted by atomic mass is 10.0. The molecule has 1 fully saturated rings. The number of hydrogen-bond acceptors (Lipinski definition) is 3. The first kappa shape index (κ1) is 17.5. The third-order valence-corrected chi connectivity index (χ3v) is 4.39. The monoisotopic (exact) mass is 317 g/mol. The molecule has 0 aliphatic carbocycles. The summed E-state index contributed by atoms with van der Waals surface area (Å²) in [6.45, 7) is 5.27. The topological polar surface area (TPSA) is 75.4 Å². The zero-order chi connectivity index (χ0) is 16.8. The Labute approximate surface area is 138 Å². The summed E-state index contributed by atoms with van der Waals surface area (Å²) in [4.78, 5) is 26.3. The fraction of sp³-hybridized carbons (Fsp3) is 0.556. The molecule has 1 aromatic rings. The van der Waals surface area contributed by atoms with Crippen LogP contribution in [0.25, 0.3) is 0 Å². The van der Waals surface area contributed by atoms with Gasteiger partial charge in [0.05, 0.1) is 0 Å². The first-order valence-corrected chi connectivity index (χ1v) is 8.37. The summed E-state index contributed by atoms with van der Waals surface area (Å²) in [5.41, 5.74) is 7.40. The van der Waals surface area contributed by atoms with E-state index in [2.05, 4.69) is 5.32 Å². The molecule has 0 aromatic heterocycles. The third kappa shape index (κ3) is 5.06. The molecule has 5 nitrogen and oxygen atoms in total. The lowest BCUT2D eigenvalue weighted by Crippen LogP contribution is -2.46. The summed E-state index contributed by atoms with van der Waals surface area (Å²) in [6, 6.07) is 7.79. The predicted molar refractivity (Wildman–Crippen MR) is 91.1 cm³/mol. The van der Waals surface area contributed by atoms with E-state index in [1.54, 1.807) is 0 Å². The van der Waals surface area contributed by atoms with Gasteiger partial charge >= 0.3 is 0 Å². The van der Waals surface area contributed by atoms with Crippen LogP contribution in [0.4, 0.5) is 0 Å². The van der Waals surface area contributed by atoms with Crippen molar-refractivity contribution in [3.63, 3.8) is 0 Å². The van der Waals surface area contributed by atoms with Crippen molar-refractivity contribution >= 4 is 11.8 Å². The number of benzene rings is 1. The van der Waals surface area contributed by atoms with Crippen LogP contribution in [0.1, 0.15) is 48.5 Å². The Hall–Kier alpha value is -1.88. The van der Waals surface area contributed by atoms with Gasteiger partial charge in [0.2, 0.25) is 5.91 Å². The molecule has 126 valence electrons. The van der Waals surface area contributed by atoms with Crippen molar-refractivity contribution < 1.29 is 9.59 Å². The van der Waals surface area contributed by atoms with Crippen LogP contribution in [0, 0.1) is 6.92 Å². The van der Waals surface area contributed by atoms with Crippen molar-refractivity contribution in [1.29, 1.82) is 0 Å². The Morgan fingerprint density at radius 2 is 1.96 bits per heavy atom. The summed E-state index contributed by atoms with van der Waals surface area (Å²) < 4.78 is 0. The number of aryl methyl sites for hydroxylation is 1. The molecule has 0 saturated carbocycles. The molecule has 1 heterocycles. The molecule has 1 aromatic carbocycles. The van der Waals surface area contributed by atoms with Crippen LogP contribution in [0.5, 0.6) is 0 Å². The van der Waals surface area contributed by atoms with Gasteiger partial charge < -0.3 is 16.0 Å². The van der Waals surface area contributed by atoms with Crippen molar-refractivity contribution in [3.05, 3.63) is 35.4 Å². The fourth-order valence-corrected chi connectivity index (χ4v) is 2.87. The van der Waals surface area contributed by atoms with E-state index in [1.807, 2.05) is 43.0 Å². The Bertz CT molecular complexity index is 549. The van der Waals surface area contributed by atoms with Gasteiger partial charge in [-0.25, -0.2) is 0 Å². The summed E-state index contributed by atoms with van der Waals surface area (Å²) in [7, 11) is 0. The van der Waals surface area contributed by atoms with Crippen LogP contribution >= 0.6 is 0 Å². The molecule has 0 spiro atoms. The highest BCUT2D eigenvalue weighted by Crippen LogP contribution is 2.14. The Kier molecular flexibility index (Phi) is 6.16. The summed E-state index contributed by atoms with van der Waals surface area (Å²) >= 11 is 0. The molecule has 5 heteroatoms. The van der Waals surface area contributed by atoms with Gasteiger partial charge in [-0.2, -0.15) is 0 Å². The molecule has 2 rings (SSSR count). The average Bonchev–Trinajstić information content (AvgIpc) is 2.53. The van der Waals surface area contributed by atoms with Crippen LogP contribution in [0.3, 0.4) is 0 Å². The Balaban J connectivity index is 1.80. The van der Waals surface area contributed by atoms with Gasteiger partial charge in [0.15, 0.2) is 0 Å². The van der Waals surface area contributed by atoms with Gasteiger partial charge in [0.1, 0.15) is 0 Å². The molecule has 1 unspecified atom stereocenters. The third-order valence-electron chi connectivity index (χ3n) is 4.39. The number of nitrogens with two attached hydrogens (primary N) is 1. The second-order valence-corrected chi connectivity index (χ2v) is 6.46. The van der Waals surface area contributed by atoms with Crippen LogP contribution in [0.15, 0.2) is 24.3 Å². The normalized spacial score (nSPS) is 16.9. The highest BCUT2D eigenvalue weighted by atomic mass is 16.2. The number of hydrogen-bond donors (Lipinski definition) is 2. The first-order valence-electron chi connectivity index (χ1n) is 8.37. The van der Waals surface area contributed by atoms with E-state index in [0.29, 0.717) is 19.5 Å². The second-order valence-electron chi connectivity index (χ2n) is 6.46. The predicted octanol–water partition coefficient (Wildman–Crippen LogP) is 1.84. The van der Waals surface area contributed by atoms with Gasteiger partial charge in [-0.15, -0.1) is 0 Å². The van der Waals surface area contributed by atoms with Crippen molar-refractivity contribution in [2.24, 2.45) is 5.73 Å².